The van der Waals surface area contributed by atoms with Crippen molar-refractivity contribution in [2.75, 3.05) is 9.80 Å². The average Bonchev–Trinajstić information content (AvgIpc) is 3.69. The van der Waals surface area contributed by atoms with E-state index >= 15 is 0 Å². The molecule has 278 valence electrons. The third kappa shape index (κ3) is 6.29. The van der Waals surface area contributed by atoms with Gasteiger partial charge >= 0.3 is 0 Å². The molecular formula is C56H38N2S. The molecule has 0 amide bonds. The van der Waals surface area contributed by atoms with Gasteiger partial charge < -0.3 is 9.80 Å². The number of thiophene rings is 1. The Kier molecular flexibility index (Phi) is 8.72. The minimum Gasteiger partial charge on any atom is -0.310 e. The van der Waals surface area contributed by atoms with E-state index in [4.69, 9.17) is 0 Å². The molecule has 11 aromatic rings. The Morgan fingerprint density at radius 2 is 0.763 bits per heavy atom. The van der Waals surface area contributed by atoms with Gasteiger partial charge in [-0.3, -0.25) is 0 Å². The van der Waals surface area contributed by atoms with Crippen LogP contribution in [-0.4, -0.2) is 0 Å². The van der Waals surface area contributed by atoms with Crippen LogP contribution < -0.4 is 9.80 Å². The maximum Gasteiger partial charge on any atom is 0.0488 e. The molecule has 0 fully saturated rings. The Bertz CT molecular complexity index is 3220. The molecule has 0 aliphatic heterocycles. The van der Waals surface area contributed by atoms with Crippen molar-refractivity contribution in [3.05, 3.63) is 231 Å². The second-order valence-electron chi connectivity index (χ2n) is 14.9. The van der Waals surface area contributed by atoms with E-state index in [1.165, 1.54) is 58.4 Å². The minimum atomic E-state index is 1.07. The summed E-state index contributed by atoms with van der Waals surface area (Å²) in [4.78, 5) is 4.77. The highest BCUT2D eigenvalue weighted by atomic mass is 32.1. The number of para-hydroxylation sites is 3. The van der Waals surface area contributed by atoms with Crippen LogP contribution in [0.15, 0.2) is 231 Å². The molecule has 1 aromatic heterocycles. The summed E-state index contributed by atoms with van der Waals surface area (Å²) in [5, 5.41) is 7.59. The fourth-order valence-electron chi connectivity index (χ4n) is 8.69. The molecule has 10 aromatic carbocycles. The molecule has 0 saturated heterocycles. The summed E-state index contributed by atoms with van der Waals surface area (Å²) in [7, 11) is 0. The van der Waals surface area contributed by atoms with Gasteiger partial charge in [0.2, 0.25) is 0 Å². The van der Waals surface area contributed by atoms with Crippen molar-refractivity contribution < 1.29 is 0 Å². The van der Waals surface area contributed by atoms with Crippen LogP contribution in [0.4, 0.5) is 34.1 Å². The van der Waals surface area contributed by atoms with Crippen LogP contribution in [0, 0.1) is 0 Å². The van der Waals surface area contributed by atoms with Gasteiger partial charge in [0.05, 0.1) is 0 Å². The Balaban J connectivity index is 1.14. The molecule has 0 radical (unpaired) electrons. The van der Waals surface area contributed by atoms with E-state index in [1.807, 2.05) is 11.3 Å². The summed E-state index contributed by atoms with van der Waals surface area (Å²) in [6.45, 7) is 0. The SMILES string of the molecule is c1ccc(N(c2ccccc2)c2cc(-c3cc4ccccc4c4ccccc34)cc(N(c3ccccc3)c3ccc(-c4cccc5c4sc4ccccc45)cc3)c2)cc1. The molecule has 1 heterocycles. The summed E-state index contributed by atoms with van der Waals surface area (Å²) in [6.07, 6.45) is 0. The van der Waals surface area contributed by atoms with Crippen molar-refractivity contribution in [2.45, 2.75) is 0 Å². The molecule has 2 nitrogen and oxygen atoms in total. The van der Waals surface area contributed by atoms with Crippen LogP contribution in [0.3, 0.4) is 0 Å². The standard InChI is InChI=1S/C56H38N2S/c1-4-18-42(19-5-1)57(43-20-6-2-7-21-43)46-35-41(54-37-40-17-10-11-24-48(40)50-25-12-13-26-51(50)54)36-47(38-46)58(44-22-8-3-9-23-44)45-33-31-39(32-34-45)49-28-16-29-53-52-27-14-15-30-55(52)59-56(49)53/h1-38H. The van der Waals surface area contributed by atoms with Crippen LogP contribution in [0.5, 0.6) is 0 Å². The first kappa shape index (κ1) is 34.8. The van der Waals surface area contributed by atoms with Gasteiger partial charge in [0, 0.05) is 54.3 Å². The average molecular weight is 771 g/mol. The molecule has 0 spiro atoms. The first-order chi connectivity index (χ1) is 29.3. The maximum absolute atomic E-state index is 2.40. The van der Waals surface area contributed by atoms with Gasteiger partial charge in [-0.25, -0.2) is 0 Å². The molecule has 3 heteroatoms. The number of rotatable bonds is 8. The first-order valence-electron chi connectivity index (χ1n) is 20.1. The Labute approximate surface area is 348 Å². The predicted molar refractivity (Wildman–Crippen MR) is 255 cm³/mol. The highest BCUT2D eigenvalue weighted by Crippen LogP contribution is 2.46. The minimum absolute atomic E-state index is 1.07. The van der Waals surface area contributed by atoms with Crippen molar-refractivity contribution in [3.63, 3.8) is 0 Å². The Morgan fingerprint density at radius 3 is 1.39 bits per heavy atom. The zero-order chi connectivity index (χ0) is 39.1. The molecule has 0 saturated carbocycles. The van der Waals surface area contributed by atoms with E-state index in [0.717, 1.165) is 39.7 Å². The third-order valence-corrected chi connectivity index (χ3v) is 12.6. The molecule has 59 heavy (non-hydrogen) atoms. The highest BCUT2D eigenvalue weighted by molar-refractivity contribution is 7.26. The van der Waals surface area contributed by atoms with Crippen LogP contribution in [0.25, 0.3) is 64.0 Å². The van der Waals surface area contributed by atoms with Crippen molar-refractivity contribution in [1.29, 1.82) is 0 Å². The zero-order valence-electron chi connectivity index (χ0n) is 32.2. The number of anilines is 6. The summed E-state index contributed by atoms with van der Waals surface area (Å²) < 4.78 is 2.64. The van der Waals surface area contributed by atoms with Crippen LogP contribution in [-0.2, 0) is 0 Å². The van der Waals surface area contributed by atoms with Crippen LogP contribution >= 0.6 is 11.3 Å². The van der Waals surface area contributed by atoms with Gasteiger partial charge in [0.1, 0.15) is 0 Å². The molecule has 0 bridgehead atoms. The van der Waals surface area contributed by atoms with E-state index in [1.54, 1.807) is 0 Å². The fraction of sp³-hybridized carbons (Fsp3) is 0. The van der Waals surface area contributed by atoms with E-state index in [2.05, 4.69) is 240 Å². The molecule has 0 aliphatic carbocycles. The molecule has 0 N–H and O–H groups in total. The van der Waals surface area contributed by atoms with Gasteiger partial charge in [-0.05, 0) is 123 Å². The summed E-state index contributed by atoms with van der Waals surface area (Å²) in [5.74, 6) is 0. The largest absolute Gasteiger partial charge is 0.310 e. The summed E-state index contributed by atoms with van der Waals surface area (Å²) in [5.41, 5.74) is 11.3. The van der Waals surface area contributed by atoms with Crippen molar-refractivity contribution in [2.24, 2.45) is 0 Å². The predicted octanol–water partition coefficient (Wildman–Crippen LogP) is 16.6. The molecule has 0 unspecified atom stereocenters. The lowest BCUT2D eigenvalue weighted by molar-refractivity contribution is 1.25. The van der Waals surface area contributed by atoms with Gasteiger partial charge in [0.15, 0.2) is 0 Å². The second-order valence-corrected chi connectivity index (χ2v) is 16.0. The first-order valence-corrected chi connectivity index (χ1v) is 20.9. The van der Waals surface area contributed by atoms with Gasteiger partial charge in [-0.15, -0.1) is 11.3 Å². The second kappa shape index (κ2) is 14.8. The molecule has 0 atom stereocenters. The van der Waals surface area contributed by atoms with Crippen molar-refractivity contribution in [3.8, 4) is 22.3 Å². The van der Waals surface area contributed by atoms with Gasteiger partial charge in [-0.2, -0.15) is 0 Å². The van der Waals surface area contributed by atoms with Crippen molar-refractivity contribution >= 4 is 87.2 Å². The normalized spacial score (nSPS) is 11.4. The number of fused-ring (bicyclic) bond motifs is 6. The van der Waals surface area contributed by atoms with E-state index in [-0.39, 0.29) is 0 Å². The number of hydrogen-bond acceptors (Lipinski definition) is 3. The van der Waals surface area contributed by atoms with E-state index < -0.39 is 0 Å². The smallest absolute Gasteiger partial charge is 0.0488 e. The topological polar surface area (TPSA) is 6.48 Å². The summed E-state index contributed by atoms with van der Waals surface area (Å²) >= 11 is 1.87. The third-order valence-electron chi connectivity index (χ3n) is 11.4. The monoisotopic (exact) mass is 770 g/mol. The lowest BCUT2D eigenvalue weighted by Crippen LogP contribution is -2.13. The summed E-state index contributed by atoms with van der Waals surface area (Å²) in [6, 6.07) is 83.7. The molecule has 11 rings (SSSR count). The zero-order valence-corrected chi connectivity index (χ0v) is 33.1. The lowest BCUT2D eigenvalue weighted by atomic mass is 9.92. The van der Waals surface area contributed by atoms with Crippen LogP contribution in [0.2, 0.25) is 0 Å². The van der Waals surface area contributed by atoms with E-state index in [0.29, 0.717) is 0 Å². The van der Waals surface area contributed by atoms with Gasteiger partial charge in [-0.1, -0.05) is 152 Å². The number of nitrogens with zero attached hydrogens (tertiary/aromatic N) is 2. The van der Waals surface area contributed by atoms with Crippen LogP contribution in [0.1, 0.15) is 0 Å². The van der Waals surface area contributed by atoms with Gasteiger partial charge in [0.25, 0.3) is 0 Å². The van der Waals surface area contributed by atoms with Crippen molar-refractivity contribution in [1.82, 2.24) is 0 Å². The number of hydrogen-bond donors (Lipinski definition) is 0. The Morgan fingerprint density at radius 1 is 0.271 bits per heavy atom. The van der Waals surface area contributed by atoms with E-state index in [9.17, 15) is 0 Å². The Hall–Kier alpha value is -7.46. The number of benzene rings is 10. The highest BCUT2D eigenvalue weighted by Gasteiger charge is 2.21. The fourth-order valence-corrected chi connectivity index (χ4v) is 9.93. The quantitative estimate of drug-likeness (QED) is 0.142. The molecular weight excluding hydrogens is 733 g/mol. The lowest BCUT2D eigenvalue weighted by Gasteiger charge is -2.30. The molecule has 0 aliphatic rings. The maximum atomic E-state index is 2.40.